The van der Waals surface area contributed by atoms with Gasteiger partial charge in [-0.15, -0.1) is 11.3 Å². The highest BCUT2D eigenvalue weighted by Gasteiger charge is 2.21. The number of carbonyl (C=O) groups is 1. The Balaban J connectivity index is 1.47. The number of nitrogens with one attached hydrogen (secondary N) is 2. The quantitative estimate of drug-likeness (QED) is 0.474. The van der Waals surface area contributed by atoms with Gasteiger partial charge in [-0.05, 0) is 108 Å². The highest BCUT2D eigenvalue weighted by Crippen LogP contribution is 2.29. The van der Waals surface area contributed by atoms with Crippen molar-refractivity contribution in [3.63, 3.8) is 0 Å². The second-order valence-corrected chi connectivity index (χ2v) is 10.2. The first-order valence-electron chi connectivity index (χ1n) is 12.6. The maximum Gasteiger partial charge on any atom is 0.348 e. The zero-order valence-corrected chi connectivity index (χ0v) is 22.0. The Hall–Kier alpha value is -3.74. The molecule has 6 heteroatoms. The zero-order valence-electron chi connectivity index (χ0n) is 21.2. The summed E-state index contributed by atoms with van der Waals surface area (Å²) in [5, 5.41) is 10.6. The van der Waals surface area contributed by atoms with Gasteiger partial charge < -0.3 is 15.4 Å². The molecule has 0 radical (unpaired) electrons. The number of thiophene rings is 1. The van der Waals surface area contributed by atoms with Crippen LogP contribution in [-0.4, -0.2) is 30.1 Å². The molecule has 2 aliphatic heterocycles. The number of benzene rings is 1. The van der Waals surface area contributed by atoms with E-state index >= 15 is 0 Å². The molecule has 0 bridgehead atoms. The van der Waals surface area contributed by atoms with E-state index in [1.54, 1.807) is 0 Å². The third-order valence-corrected chi connectivity index (χ3v) is 7.56. The molecular weight excluding hydrogens is 478 g/mol. The highest BCUT2D eigenvalue weighted by atomic mass is 32.1. The van der Waals surface area contributed by atoms with E-state index < -0.39 is 0 Å². The predicted molar refractivity (Wildman–Crippen MR) is 153 cm³/mol. The van der Waals surface area contributed by atoms with Crippen molar-refractivity contribution in [2.24, 2.45) is 0 Å². The first-order chi connectivity index (χ1) is 18.0. The van der Waals surface area contributed by atoms with Gasteiger partial charge in [0, 0.05) is 12.2 Å². The second kappa shape index (κ2) is 11.1. The average molecular weight is 510 g/mol. The Labute approximate surface area is 221 Å². The fourth-order valence-electron chi connectivity index (χ4n) is 4.63. The van der Waals surface area contributed by atoms with Crippen molar-refractivity contribution in [2.75, 3.05) is 13.1 Å². The maximum absolute atomic E-state index is 12.6. The topological polar surface area (TPSA) is 63.2 Å². The molecule has 0 aliphatic carbocycles. The standard InChI is InChI=1S/C31H31N3O2S/c1-4-22(25-17-29(37-19-25)31(35)36-26-12-14-32-18-26)15-24-16-23(11-10-20(24)2)27-8-6-13-33-30(27)28-9-5-7-21(3)34-28/h4-7,9-11,13,15-17,19,26,32-33H,2,8,12,14,18H2,1,3H3/b22-4+,24-15-/t26-/m0/s1. The third-order valence-electron chi connectivity index (χ3n) is 6.65. The third kappa shape index (κ3) is 5.66. The molecule has 1 fully saturated rings. The Bertz CT molecular complexity index is 1520. The van der Waals surface area contributed by atoms with Gasteiger partial charge in [-0.2, -0.15) is 0 Å². The van der Waals surface area contributed by atoms with E-state index in [0.717, 1.165) is 70.2 Å². The summed E-state index contributed by atoms with van der Waals surface area (Å²) in [5.74, 6) is -0.248. The summed E-state index contributed by atoms with van der Waals surface area (Å²) in [6.07, 6.45) is 9.95. The average Bonchev–Trinajstić information content (AvgIpc) is 3.61. The van der Waals surface area contributed by atoms with Crippen molar-refractivity contribution >= 4 is 46.8 Å². The molecule has 2 N–H and O–H groups in total. The van der Waals surface area contributed by atoms with Gasteiger partial charge in [0.2, 0.25) is 0 Å². The molecule has 3 aromatic rings. The smallest absolute Gasteiger partial charge is 0.348 e. The summed E-state index contributed by atoms with van der Waals surface area (Å²) >= 11 is 1.42. The number of carbonyl (C=O) groups excluding carboxylic acids is 1. The van der Waals surface area contributed by atoms with Crippen LogP contribution < -0.4 is 21.1 Å². The van der Waals surface area contributed by atoms with E-state index in [1.165, 1.54) is 16.9 Å². The molecule has 0 spiro atoms. The normalized spacial score (nSPS) is 18.3. The van der Waals surface area contributed by atoms with E-state index in [-0.39, 0.29) is 12.1 Å². The minimum Gasteiger partial charge on any atom is -0.457 e. The van der Waals surface area contributed by atoms with Crippen LogP contribution in [0.5, 0.6) is 0 Å². The summed E-state index contributed by atoms with van der Waals surface area (Å²) in [5.41, 5.74) is 7.31. The van der Waals surface area contributed by atoms with Gasteiger partial charge in [-0.25, -0.2) is 4.79 Å². The first-order valence-corrected chi connectivity index (χ1v) is 13.5. The van der Waals surface area contributed by atoms with Crippen molar-refractivity contribution in [1.29, 1.82) is 0 Å². The van der Waals surface area contributed by atoms with Crippen molar-refractivity contribution < 1.29 is 9.53 Å². The van der Waals surface area contributed by atoms with E-state index in [2.05, 4.69) is 53.6 Å². The molecule has 0 unspecified atom stereocenters. The van der Waals surface area contributed by atoms with Crippen molar-refractivity contribution in [1.82, 2.24) is 15.6 Å². The van der Waals surface area contributed by atoms with Crippen LogP contribution in [0.3, 0.4) is 0 Å². The number of dihydropyridines is 1. The molecule has 188 valence electrons. The molecule has 2 aliphatic rings. The SMILES string of the molecule is C=c1ccc(C2=C(c3cccc(C)n3)NC=CC2)c/c1=C/C(=C\C)c1csc(C(=O)O[C@H]2CCNC2)c1. The van der Waals surface area contributed by atoms with Crippen LogP contribution >= 0.6 is 11.3 Å². The van der Waals surface area contributed by atoms with Gasteiger partial charge >= 0.3 is 5.97 Å². The van der Waals surface area contributed by atoms with E-state index in [4.69, 9.17) is 9.72 Å². The van der Waals surface area contributed by atoms with Gasteiger partial charge in [-0.3, -0.25) is 4.98 Å². The molecule has 2 aromatic heterocycles. The van der Waals surface area contributed by atoms with Crippen molar-refractivity contribution in [3.8, 4) is 0 Å². The van der Waals surface area contributed by atoms with E-state index in [9.17, 15) is 4.79 Å². The summed E-state index contributed by atoms with van der Waals surface area (Å²) in [7, 11) is 0. The number of esters is 1. The van der Waals surface area contributed by atoms with Crippen LogP contribution in [0, 0.1) is 6.92 Å². The number of ether oxygens (including phenoxy) is 1. The lowest BCUT2D eigenvalue weighted by molar-refractivity contribution is 0.0350. The molecular formula is C31H31N3O2S. The van der Waals surface area contributed by atoms with Gasteiger partial charge in [0.05, 0.1) is 11.4 Å². The summed E-state index contributed by atoms with van der Waals surface area (Å²) in [6, 6.07) is 14.4. The van der Waals surface area contributed by atoms with Gasteiger partial charge in [0.25, 0.3) is 0 Å². The maximum atomic E-state index is 12.6. The fraction of sp³-hybridized carbons (Fsp3) is 0.226. The van der Waals surface area contributed by atoms with E-state index in [0.29, 0.717) is 4.88 Å². The van der Waals surface area contributed by atoms with Gasteiger partial charge in [0.15, 0.2) is 0 Å². The lowest BCUT2D eigenvalue weighted by Crippen LogP contribution is -2.24. The molecule has 4 heterocycles. The lowest BCUT2D eigenvalue weighted by Gasteiger charge is -2.18. The Morgan fingerprint density at radius 2 is 2.14 bits per heavy atom. The summed E-state index contributed by atoms with van der Waals surface area (Å²) in [6.45, 7) is 9.91. The molecule has 0 amide bonds. The molecule has 5 nitrogen and oxygen atoms in total. The fourth-order valence-corrected chi connectivity index (χ4v) is 5.43. The molecule has 1 aromatic carbocycles. The number of aryl methyl sites for hydroxylation is 1. The van der Waals surface area contributed by atoms with Crippen molar-refractivity contribution in [3.05, 3.63) is 104 Å². The van der Waals surface area contributed by atoms with Crippen LogP contribution in [0.1, 0.15) is 52.0 Å². The first kappa shape index (κ1) is 24.9. The summed E-state index contributed by atoms with van der Waals surface area (Å²) in [4.78, 5) is 18.0. The van der Waals surface area contributed by atoms with Crippen LogP contribution in [0.15, 0.2) is 66.2 Å². The largest absolute Gasteiger partial charge is 0.457 e. The van der Waals surface area contributed by atoms with Crippen molar-refractivity contribution in [2.45, 2.75) is 32.8 Å². The molecule has 5 rings (SSSR count). The number of nitrogens with zero attached hydrogens (tertiary/aromatic N) is 1. The number of rotatable bonds is 6. The van der Waals surface area contributed by atoms with Gasteiger partial charge in [0.1, 0.15) is 11.0 Å². The molecule has 0 saturated carbocycles. The minimum atomic E-state index is -0.248. The predicted octanol–water partition coefficient (Wildman–Crippen LogP) is 4.64. The number of aromatic nitrogens is 1. The Morgan fingerprint density at radius 3 is 2.92 bits per heavy atom. The Morgan fingerprint density at radius 1 is 1.24 bits per heavy atom. The lowest BCUT2D eigenvalue weighted by atomic mass is 9.95. The van der Waals surface area contributed by atoms with Gasteiger partial charge in [-0.1, -0.05) is 36.9 Å². The number of hydrogen-bond donors (Lipinski definition) is 2. The minimum absolute atomic E-state index is 0.0411. The number of hydrogen-bond acceptors (Lipinski definition) is 6. The second-order valence-electron chi connectivity index (χ2n) is 9.29. The molecule has 1 saturated heterocycles. The van der Waals surface area contributed by atoms with Crippen LogP contribution in [-0.2, 0) is 4.74 Å². The number of allylic oxidation sites excluding steroid dienone is 4. The Kier molecular flexibility index (Phi) is 7.49. The molecule has 1 atom stereocenters. The zero-order chi connectivity index (χ0) is 25.8. The summed E-state index contributed by atoms with van der Waals surface area (Å²) < 4.78 is 5.65. The molecule has 37 heavy (non-hydrogen) atoms. The number of pyridine rings is 1. The van der Waals surface area contributed by atoms with E-state index in [1.807, 2.05) is 49.7 Å². The van der Waals surface area contributed by atoms with Crippen LogP contribution in [0.2, 0.25) is 0 Å². The van der Waals surface area contributed by atoms with Crippen LogP contribution in [0.25, 0.3) is 29.5 Å². The highest BCUT2D eigenvalue weighted by molar-refractivity contribution is 7.12. The monoisotopic (exact) mass is 509 g/mol. The van der Waals surface area contributed by atoms with Crippen LogP contribution in [0.4, 0.5) is 0 Å².